The maximum Gasteiger partial charge on any atom is 0.407 e. The molecule has 142 valence electrons. The number of carbonyl (C=O) groups is 1. The van der Waals surface area contributed by atoms with Crippen molar-refractivity contribution in [2.24, 2.45) is 0 Å². The molecule has 25 heavy (non-hydrogen) atoms. The Bertz CT molecular complexity index is 513. The average molecular weight is 356 g/mol. The van der Waals surface area contributed by atoms with Crippen LogP contribution >= 0.6 is 0 Å². The van der Waals surface area contributed by atoms with Crippen molar-refractivity contribution in [2.45, 2.75) is 71.6 Å². The van der Waals surface area contributed by atoms with Crippen LogP contribution in [0, 0.1) is 0 Å². The summed E-state index contributed by atoms with van der Waals surface area (Å²) < 4.78 is 30.4. The smallest absolute Gasteiger partial charge is 0.407 e. The predicted molar refractivity (Wildman–Crippen MR) is 95.8 cm³/mol. The van der Waals surface area contributed by atoms with Crippen molar-refractivity contribution in [3.05, 3.63) is 35.4 Å². The van der Waals surface area contributed by atoms with Crippen LogP contribution in [0.4, 0.5) is 13.6 Å². The van der Waals surface area contributed by atoms with Crippen molar-refractivity contribution in [1.29, 1.82) is 0 Å². The molecule has 0 saturated carbocycles. The lowest BCUT2D eigenvalue weighted by Crippen LogP contribution is -2.42. The molecule has 1 unspecified atom stereocenters. The quantitative estimate of drug-likeness (QED) is 0.668. The molecule has 1 rings (SSSR count). The van der Waals surface area contributed by atoms with Crippen LogP contribution in [-0.2, 0) is 11.3 Å². The number of amides is 1. The highest BCUT2D eigenvalue weighted by atomic mass is 19.3. The van der Waals surface area contributed by atoms with E-state index in [-0.39, 0.29) is 11.6 Å². The molecule has 0 aliphatic carbocycles. The summed E-state index contributed by atoms with van der Waals surface area (Å²) in [6.07, 6.45) is 0.141. The Morgan fingerprint density at radius 2 is 1.84 bits per heavy atom. The molecule has 1 atom stereocenters. The Hall–Kier alpha value is -1.69. The number of alkyl carbamates (subject to hydrolysis) is 1. The maximum absolute atomic E-state index is 12.6. The number of hydrogen-bond acceptors (Lipinski definition) is 3. The number of carbonyl (C=O) groups excluding carboxylic acids is 1. The van der Waals surface area contributed by atoms with E-state index in [9.17, 15) is 13.6 Å². The fourth-order valence-electron chi connectivity index (χ4n) is 2.29. The third-order valence-corrected chi connectivity index (χ3v) is 3.62. The summed E-state index contributed by atoms with van der Waals surface area (Å²) in [5, 5.41) is 6.17. The number of rotatable bonds is 9. The van der Waals surface area contributed by atoms with Crippen LogP contribution in [0.3, 0.4) is 0 Å². The Labute approximate surface area is 149 Å². The van der Waals surface area contributed by atoms with Crippen molar-refractivity contribution in [3.8, 4) is 0 Å². The topological polar surface area (TPSA) is 50.4 Å². The van der Waals surface area contributed by atoms with E-state index in [2.05, 4.69) is 17.6 Å². The molecule has 4 nitrogen and oxygen atoms in total. The van der Waals surface area contributed by atoms with Gasteiger partial charge < -0.3 is 15.4 Å². The molecule has 0 aromatic heterocycles. The Kier molecular flexibility index (Phi) is 8.83. The fourth-order valence-corrected chi connectivity index (χ4v) is 2.29. The first kappa shape index (κ1) is 21.4. The van der Waals surface area contributed by atoms with E-state index >= 15 is 0 Å². The van der Waals surface area contributed by atoms with Crippen LogP contribution in [0.2, 0.25) is 0 Å². The monoisotopic (exact) mass is 356 g/mol. The highest BCUT2D eigenvalue weighted by molar-refractivity contribution is 5.67. The van der Waals surface area contributed by atoms with E-state index in [1.54, 1.807) is 12.1 Å². The molecule has 2 N–H and O–H groups in total. The first-order valence-corrected chi connectivity index (χ1v) is 8.78. The van der Waals surface area contributed by atoms with Gasteiger partial charge in [-0.3, -0.25) is 0 Å². The molecule has 1 amide bonds. The van der Waals surface area contributed by atoms with Gasteiger partial charge in [0.1, 0.15) is 5.60 Å². The third-order valence-electron chi connectivity index (χ3n) is 3.62. The standard InChI is InChI=1S/C19H30F2N2O2/c1-5-6-7-16(13-23-18(24)25-19(2,3)4)22-12-14-8-10-15(11-9-14)17(20)21/h8-11,16-17,22H,5-7,12-13H2,1-4H3,(H,23,24). The number of nitrogens with one attached hydrogen (secondary N) is 2. The molecule has 0 fully saturated rings. The van der Waals surface area contributed by atoms with Crippen LogP contribution in [0.25, 0.3) is 0 Å². The normalized spacial score (nSPS) is 12.9. The van der Waals surface area contributed by atoms with E-state index in [1.807, 2.05) is 20.8 Å². The van der Waals surface area contributed by atoms with Gasteiger partial charge in [0, 0.05) is 24.7 Å². The van der Waals surface area contributed by atoms with Gasteiger partial charge >= 0.3 is 6.09 Å². The van der Waals surface area contributed by atoms with E-state index in [4.69, 9.17) is 4.74 Å². The van der Waals surface area contributed by atoms with Gasteiger partial charge in [0.2, 0.25) is 0 Å². The molecule has 0 radical (unpaired) electrons. The van der Waals surface area contributed by atoms with Crippen molar-refractivity contribution in [3.63, 3.8) is 0 Å². The minimum absolute atomic E-state index is 0.0258. The van der Waals surface area contributed by atoms with Crippen molar-refractivity contribution < 1.29 is 18.3 Å². The van der Waals surface area contributed by atoms with E-state index in [0.29, 0.717) is 13.1 Å². The summed E-state index contributed by atoms with van der Waals surface area (Å²) in [7, 11) is 0. The van der Waals surface area contributed by atoms with Gasteiger partial charge in [0.15, 0.2) is 0 Å². The number of benzene rings is 1. The Morgan fingerprint density at radius 3 is 2.36 bits per heavy atom. The lowest BCUT2D eigenvalue weighted by atomic mass is 10.1. The Morgan fingerprint density at radius 1 is 1.20 bits per heavy atom. The molecule has 1 aromatic carbocycles. The molecule has 6 heteroatoms. The minimum Gasteiger partial charge on any atom is -0.444 e. The first-order chi connectivity index (χ1) is 11.7. The van der Waals surface area contributed by atoms with Crippen LogP contribution in [0.15, 0.2) is 24.3 Å². The zero-order valence-corrected chi connectivity index (χ0v) is 15.6. The molecule has 0 aliphatic rings. The number of hydrogen-bond donors (Lipinski definition) is 2. The SMILES string of the molecule is CCCCC(CNC(=O)OC(C)(C)C)NCc1ccc(C(F)F)cc1. The second-order valence-electron chi connectivity index (χ2n) is 7.15. The minimum atomic E-state index is -2.45. The molecule has 0 saturated heterocycles. The van der Waals surface area contributed by atoms with Gasteiger partial charge in [-0.1, -0.05) is 44.0 Å². The lowest BCUT2D eigenvalue weighted by Gasteiger charge is -2.23. The highest BCUT2D eigenvalue weighted by Crippen LogP contribution is 2.18. The van der Waals surface area contributed by atoms with E-state index in [1.165, 1.54) is 12.1 Å². The summed E-state index contributed by atoms with van der Waals surface area (Å²) in [4.78, 5) is 11.8. The van der Waals surface area contributed by atoms with Gasteiger partial charge in [-0.05, 0) is 32.8 Å². The second-order valence-corrected chi connectivity index (χ2v) is 7.15. The first-order valence-electron chi connectivity index (χ1n) is 8.78. The molecule has 0 aliphatic heterocycles. The number of alkyl halides is 2. The van der Waals surface area contributed by atoms with Crippen molar-refractivity contribution >= 4 is 6.09 Å². The second kappa shape index (κ2) is 10.3. The summed E-state index contributed by atoms with van der Waals surface area (Å²) in [5.74, 6) is 0. The van der Waals surface area contributed by atoms with Crippen LogP contribution in [0.1, 0.15) is 64.5 Å². The average Bonchev–Trinajstić information content (AvgIpc) is 2.53. The fraction of sp³-hybridized carbons (Fsp3) is 0.632. The summed E-state index contributed by atoms with van der Waals surface area (Å²) in [6, 6.07) is 6.39. The van der Waals surface area contributed by atoms with E-state index < -0.39 is 18.1 Å². The molecule has 0 heterocycles. The van der Waals surface area contributed by atoms with Crippen molar-refractivity contribution in [1.82, 2.24) is 10.6 Å². The molecular weight excluding hydrogens is 326 g/mol. The number of halogens is 2. The maximum atomic E-state index is 12.6. The van der Waals surface area contributed by atoms with Crippen LogP contribution in [-0.4, -0.2) is 24.3 Å². The molecular formula is C19H30F2N2O2. The zero-order valence-electron chi connectivity index (χ0n) is 15.6. The van der Waals surface area contributed by atoms with Gasteiger partial charge in [0.05, 0.1) is 0 Å². The molecule has 1 aromatic rings. The predicted octanol–water partition coefficient (Wildman–Crippen LogP) is 4.80. The van der Waals surface area contributed by atoms with Gasteiger partial charge in [-0.25, -0.2) is 13.6 Å². The largest absolute Gasteiger partial charge is 0.444 e. The lowest BCUT2D eigenvalue weighted by molar-refractivity contribution is 0.0521. The summed E-state index contributed by atoms with van der Waals surface area (Å²) >= 11 is 0. The van der Waals surface area contributed by atoms with Crippen LogP contribution in [0.5, 0.6) is 0 Å². The van der Waals surface area contributed by atoms with Gasteiger partial charge in [-0.15, -0.1) is 0 Å². The zero-order chi connectivity index (χ0) is 18.9. The summed E-state index contributed by atoms with van der Waals surface area (Å²) in [6.45, 7) is 8.60. The number of ether oxygens (including phenoxy) is 1. The van der Waals surface area contributed by atoms with Gasteiger partial charge in [-0.2, -0.15) is 0 Å². The van der Waals surface area contributed by atoms with Gasteiger partial charge in [0.25, 0.3) is 6.43 Å². The Balaban J connectivity index is 2.50. The highest BCUT2D eigenvalue weighted by Gasteiger charge is 2.17. The van der Waals surface area contributed by atoms with Crippen LogP contribution < -0.4 is 10.6 Å². The number of unbranched alkanes of at least 4 members (excludes halogenated alkanes) is 1. The summed E-state index contributed by atoms with van der Waals surface area (Å²) in [5.41, 5.74) is 0.434. The molecule has 0 bridgehead atoms. The van der Waals surface area contributed by atoms with E-state index in [0.717, 1.165) is 24.8 Å². The third kappa shape index (κ3) is 9.39. The van der Waals surface area contributed by atoms with Crippen molar-refractivity contribution in [2.75, 3.05) is 6.54 Å². The molecule has 0 spiro atoms.